The van der Waals surface area contributed by atoms with Crippen LogP contribution in [0.4, 0.5) is 0 Å². The van der Waals surface area contributed by atoms with E-state index in [1.54, 1.807) is 6.33 Å². The molecule has 0 bridgehead atoms. The molecule has 3 unspecified atom stereocenters. The number of carbonyl (C=O) groups is 1. The summed E-state index contributed by atoms with van der Waals surface area (Å²) in [6, 6.07) is 0.188. The zero-order valence-electron chi connectivity index (χ0n) is 12.8. The molecule has 3 N–H and O–H groups in total. The van der Waals surface area contributed by atoms with Crippen LogP contribution in [0.2, 0.25) is 0 Å². The van der Waals surface area contributed by atoms with Crippen molar-refractivity contribution in [1.29, 1.82) is 0 Å². The van der Waals surface area contributed by atoms with Gasteiger partial charge in [-0.05, 0) is 24.2 Å². The smallest absolute Gasteiger partial charge is 0.224 e. The third-order valence-electron chi connectivity index (χ3n) is 5.04. The molecule has 0 saturated heterocycles. The van der Waals surface area contributed by atoms with Crippen LogP contribution < -0.4 is 11.1 Å². The van der Waals surface area contributed by atoms with Gasteiger partial charge in [0.15, 0.2) is 5.82 Å². The van der Waals surface area contributed by atoms with Gasteiger partial charge in [-0.25, -0.2) is 0 Å². The minimum Gasteiger partial charge on any atom is -0.349 e. The first-order valence-corrected chi connectivity index (χ1v) is 7.20. The zero-order chi connectivity index (χ0) is 14.9. The number of hydrogen-bond donors (Lipinski definition) is 2. The van der Waals surface area contributed by atoms with Crippen molar-refractivity contribution < 1.29 is 4.79 Å². The molecule has 1 heterocycles. The maximum atomic E-state index is 12.5. The van der Waals surface area contributed by atoms with E-state index in [-0.39, 0.29) is 23.3 Å². The standard InChI is InChI=1S/C14H25N5O/c1-9-11(15)6-5-10(14(9,2)3)13(20)16-7-12-18-17-8-19(12)4/h8-11H,5-7,15H2,1-4H3,(H,16,20). The van der Waals surface area contributed by atoms with Gasteiger partial charge in [0.05, 0.1) is 6.54 Å². The fraction of sp³-hybridized carbons (Fsp3) is 0.786. The molecule has 0 radical (unpaired) electrons. The Labute approximate surface area is 120 Å². The van der Waals surface area contributed by atoms with Crippen LogP contribution in [0.25, 0.3) is 0 Å². The second kappa shape index (κ2) is 5.52. The maximum Gasteiger partial charge on any atom is 0.224 e. The molecule has 1 aromatic heterocycles. The van der Waals surface area contributed by atoms with Crippen LogP contribution >= 0.6 is 0 Å². The van der Waals surface area contributed by atoms with Gasteiger partial charge in [-0.3, -0.25) is 4.79 Å². The van der Waals surface area contributed by atoms with Gasteiger partial charge in [-0.15, -0.1) is 10.2 Å². The quantitative estimate of drug-likeness (QED) is 0.858. The number of nitrogens with two attached hydrogens (primary N) is 1. The summed E-state index contributed by atoms with van der Waals surface area (Å²) >= 11 is 0. The van der Waals surface area contributed by atoms with E-state index in [0.717, 1.165) is 18.7 Å². The molecule has 1 saturated carbocycles. The second-order valence-corrected chi connectivity index (χ2v) is 6.48. The van der Waals surface area contributed by atoms with Crippen molar-refractivity contribution in [2.24, 2.45) is 30.0 Å². The van der Waals surface area contributed by atoms with Gasteiger partial charge in [-0.2, -0.15) is 0 Å². The summed E-state index contributed by atoms with van der Waals surface area (Å²) in [4.78, 5) is 12.5. The van der Waals surface area contributed by atoms with E-state index in [4.69, 9.17) is 5.73 Å². The Kier molecular flexibility index (Phi) is 4.13. The maximum absolute atomic E-state index is 12.5. The lowest BCUT2D eigenvalue weighted by Gasteiger charge is -2.46. The van der Waals surface area contributed by atoms with Crippen molar-refractivity contribution in [3.8, 4) is 0 Å². The van der Waals surface area contributed by atoms with Gasteiger partial charge in [0.25, 0.3) is 0 Å². The molecule has 1 amide bonds. The number of nitrogens with one attached hydrogen (secondary N) is 1. The van der Waals surface area contributed by atoms with Crippen LogP contribution in [-0.2, 0) is 18.4 Å². The first-order valence-electron chi connectivity index (χ1n) is 7.20. The van der Waals surface area contributed by atoms with Crippen molar-refractivity contribution >= 4 is 5.91 Å². The van der Waals surface area contributed by atoms with Gasteiger partial charge in [0.2, 0.25) is 5.91 Å². The molecule has 1 fully saturated rings. The number of hydrogen-bond acceptors (Lipinski definition) is 4. The minimum atomic E-state index is -0.0817. The van der Waals surface area contributed by atoms with E-state index in [0.29, 0.717) is 12.5 Å². The number of aryl methyl sites for hydroxylation is 1. The first kappa shape index (κ1) is 15.0. The summed E-state index contributed by atoms with van der Waals surface area (Å²) in [5, 5.41) is 10.8. The van der Waals surface area contributed by atoms with Crippen molar-refractivity contribution in [1.82, 2.24) is 20.1 Å². The molecule has 1 aromatic rings. The van der Waals surface area contributed by atoms with Gasteiger partial charge < -0.3 is 15.6 Å². The first-order chi connectivity index (χ1) is 9.34. The molecule has 0 aliphatic heterocycles. The number of nitrogens with zero attached hydrogens (tertiary/aromatic N) is 3. The zero-order valence-corrected chi connectivity index (χ0v) is 12.8. The predicted octanol–water partition coefficient (Wildman–Crippen LogP) is 0.831. The summed E-state index contributed by atoms with van der Waals surface area (Å²) < 4.78 is 1.81. The molecular weight excluding hydrogens is 254 g/mol. The Morgan fingerprint density at radius 2 is 2.25 bits per heavy atom. The third kappa shape index (κ3) is 2.70. The van der Waals surface area contributed by atoms with Crippen molar-refractivity contribution in [3.05, 3.63) is 12.2 Å². The lowest BCUT2D eigenvalue weighted by Crippen LogP contribution is -2.51. The molecule has 6 nitrogen and oxygen atoms in total. The highest BCUT2D eigenvalue weighted by Crippen LogP contribution is 2.44. The summed E-state index contributed by atoms with van der Waals surface area (Å²) in [5.74, 6) is 1.20. The van der Waals surface area contributed by atoms with Crippen LogP contribution in [0, 0.1) is 17.3 Å². The van der Waals surface area contributed by atoms with Crippen LogP contribution in [0.1, 0.15) is 39.4 Å². The summed E-state index contributed by atoms with van der Waals surface area (Å²) in [6.07, 6.45) is 3.39. The highest BCUT2D eigenvalue weighted by atomic mass is 16.1. The van der Waals surface area contributed by atoms with E-state index < -0.39 is 0 Å². The lowest BCUT2D eigenvalue weighted by atomic mass is 9.61. The Balaban J connectivity index is 2.00. The molecule has 1 aliphatic carbocycles. The molecule has 3 atom stereocenters. The Hall–Kier alpha value is -1.43. The normalized spacial score (nSPS) is 29.1. The summed E-state index contributed by atoms with van der Waals surface area (Å²) in [5.41, 5.74) is 6.05. The summed E-state index contributed by atoms with van der Waals surface area (Å²) in [7, 11) is 1.87. The molecule has 6 heteroatoms. The van der Waals surface area contributed by atoms with E-state index in [2.05, 4.69) is 36.3 Å². The van der Waals surface area contributed by atoms with E-state index in [9.17, 15) is 4.79 Å². The SMILES string of the molecule is CC1C(N)CCC(C(=O)NCc2nncn2C)C1(C)C. The number of amides is 1. The van der Waals surface area contributed by atoms with Crippen LogP contribution in [0.15, 0.2) is 6.33 Å². The average Bonchev–Trinajstić information content (AvgIpc) is 2.79. The monoisotopic (exact) mass is 279 g/mol. The highest BCUT2D eigenvalue weighted by molar-refractivity contribution is 5.79. The second-order valence-electron chi connectivity index (χ2n) is 6.48. The minimum absolute atomic E-state index is 0.00512. The fourth-order valence-corrected chi connectivity index (χ4v) is 3.08. The Morgan fingerprint density at radius 3 is 2.85 bits per heavy atom. The lowest BCUT2D eigenvalue weighted by molar-refractivity contribution is -0.132. The number of aromatic nitrogens is 3. The molecular formula is C14H25N5O. The van der Waals surface area contributed by atoms with Crippen molar-refractivity contribution in [2.45, 2.75) is 46.2 Å². The van der Waals surface area contributed by atoms with E-state index in [1.807, 2.05) is 11.6 Å². The number of carbonyl (C=O) groups excluding carboxylic acids is 1. The topological polar surface area (TPSA) is 85.8 Å². The van der Waals surface area contributed by atoms with Gasteiger partial charge in [-0.1, -0.05) is 20.8 Å². The van der Waals surface area contributed by atoms with E-state index in [1.165, 1.54) is 0 Å². The number of rotatable bonds is 3. The van der Waals surface area contributed by atoms with E-state index >= 15 is 0 Å². The molecule has 112 valence electrons. The fourth-order valence-electron chi connectivity index (χ4n) is 3.08. The predicted molar refractivity (Wildman–Crippen MR) is 76.5 cm³/mol. The van der Waals surface area contributed by atoms with Crippen LogP contribution in [-0.4, -0.2) is 26.7 Å². The molecule has 20 heavy (non-hydrogen) atoms. The molecule has 0 aromatic carbocycles. The van der Waals surface area contributed by atoms with Gasteiger partial charge >= 0.3 is 0 Å². The van der Waals surface area contributed by atoms with Crippen molar-refractivity contribution in [2.75, 3.05) is 0 Å². The van der Waals surface area contributed by atoms with Crippen LogP contribution in [0.5, 0.6) is 0 Å². The van der Waals surface area contributed by atoms with Gasteiger partial charge in [0, 0.05) is 19.0 Å². The van der Waals surface area contributed by atoms with Crippen LogP contribution in [0.3, 0.4) is 0 Å². The summed E-state index contributed by atoms with van der Waals surface area (Å²) in [6.45, 7) is 6.85. The van der Waals surface area contributed by atoms with Gasteiger partial charge in [0.1, 0.15) is 6.33 Å². The molecule has 1 aliphatic rings. The molecule has 2 rings (SSSR count). The largest absolute Gasteiger partial charge is 0.349 e. The Bertz CT molecular complexity index is 482. The molecule has 0 spiro atoms. The average molecular weight is 279 g/mol. The highest BCUT2D eigenvalue weighted by Gasteiger charge is 2.44. The Morgan fingerprint density at radius 1 is 1.55 bits per heavy atom. The third-order valence-corrected chi connectivity index (χ3v) is 5.04. The van der Waals surface area contributed by atoms with Crippen molar-refractivity contribution in [3.63, 3.8) is 0 Å².